The molecule has 4 heteroatoms. The van der Waals surface area contributed by atoms with E-state index in [-0.39, 0.29) is 0 Å². The standard InChI is InChI=1S/C16H23N3O/c1-13(2)10-17-11-14-4-6-15(7-5-14)20-12-16-18-8-9-19(16)3/h4-9,13,17H,10-12H2,1-3H3. The predicted octanol–water partition coefficient (Wildman–Crippen LogP) is 2.74. The molecular formula is C16H23N3O. The largest absolute Gasteiger partial charge is 0.486 e. The Morgan fingerprint density at radius 1 is 1.25 bits per heavy atom. The zero-order valence-electron chi connectivity index (χ0n) is 12.5. The molecule has 0 aliphatic rings. The van der Waals surface area contributed by atoms with Crippen LogP contribution in [0.5, 0.6) is 5.75 Å². The number of rotatable bonds is 7. The van der Waals surface area contributed by atoms with Gasteiger partial charge in [0, 0.05) is 26.0 Å². The molecule has 1 aromatic carbocycles. The van der Waals surface area contributed by atoms with Crippen molar-refractivity contribution in [1.29, 1.82) is 0 Å². The third-order valence-corrected chi connectivity index (χ3v) is 3.09. The molecule has 0 unspecified atom stereocenters. The van der Waals surface area contributed by atoms with E-state index in [0.717, 1.165) is 24.7 Å². The lowest BCUT2D eigenvalue weighted by molar-refractivity contribution is 0.291. The molecule has 4 nitrogen and oxygen atoms in total. The predicted molar refractivity (Wildman–Crippen MR) is 80.5 cm³/mol. The minimum absolute atomic E-state index is 0.494. The quantitative estimate of drug-likeness (QED) is 0.843. The van der Waals surface area contributed by atoms with Crippen LogP contribution in [0.4, 0.5) is 0 Å². The highest BCUT2D eigenvalue weighted by Gasteiger charge is 2.01. The van der Waals surface area contributed by atoms with Crippen LogP contribution in [-0.2, 0) is 20.2 Å². The maximum Gasteiger partial charge on any atom is 0.146 e. The van der Waals surface area contributed by atoms with Crippen LogP contribution in [0.3, 0.4) is 0 Å². The molecule has 0 aliphatic heterocycles. The van der Waals surface area contributed by atoms with Gasteiger partial charge in [-0.25, -0.2) is 4.98 Å². The summed E-state index contributed by atoms with van der Waals surface area (Å²) in [5.74, 6) is 2.48. The SMILES string of the molecule is CC(C)CNCc1ccc(OCc2nccn2C)cc1. The van der Waals surface area contributed by atoms with Gasteiger partial charge in [0.25, 0.3) is 0 Å². The Labute approximate surface area is 120 Å². The molecule has 0 amide bonds. The Morgan fingerprint density at radius 2 is 2.00 bits per heavy atom. The van der Waals surface area contributed by atoms with Crippen LogP contribution in [0, 0.1) is 5.92 Å². The molecule has 108 valence electrons. The first-order chi connectivity index (χ1) is 9.65. The van der Waals surface area contributed by atoms with Crippen molar-refractivity contribution < 1.29 is 4.74 Å². The molecule has 0 atom stereocenters. The molecular weight excluding hydrogens is 250 g/mol. The minimum Gasteiger partial charge on any atom is -0.486 e. The number of imidazole rings is 1. The van der Waals surface area contributed by atoms with Gasteiger partial charge >= 0.3 is 0 Å². The normalized spacial score (nSPS) is 11.0. The van der Waals surface area contributed by atoms with E-state index >= 15 is 0 Å². The van der Waals surface area contributed by atoms with Crippen LogP contribution in [0.25, 0.3) is 0 Å². The maximum absolute atomic E-state index is 5.73. The van der Waals surface area contributed by atoms with Crippen LogP contribution < -0.4 is 10.1 Å². The Kier molecular flexibility index (Phi) is 5.18. The van der Waals surface area contributed by atoms with E-state index in [1.807, 2.05) is 29.9 Å². The van der Waals surface area contributed by atoms with Crippen LogP contribution in [-0.4, -0.2) is 16.1 Å². The van der Waals surface area contributed by atoms with Gasteiger partial charge < -0.3 is 14.6 Å². The fourth-order valence-electron chi connectivity index (χ4n) is 1.89. The lowest BCUT2D eigenvalue weighted by atomic mass is 10.2. The van der Waals surface area contributed by atoms with Crippen molar-refractivity contribution in [3.63, 3.8) is 0 Å². The zero-order valence-corrected chi connectivity index (χ0v) is 12.5. The molecule has 0 radical (unpaired) electrons. The first-order valence-corrected chi connectivity index (χ1v) is 7.04. The number of ether oxygens (including phenoxy) is 1. The average molecular weight is 273 g/mol. The Hall–Kier alpha value is -1.81. The molecule has 0 spiro atoms. The van der Waals surface area contributed by atoms with Crippen molar-refractivity contribution in [1.82, 2.24) is 14.9 Å². The lowest BCUT2D eigenvalue weighted by Crippen LogP contribution is -2.18. The number of aromatic nitrogens is 2. The second-order valence-corrected chi connectivity index (χ2v) is 5.41. The summed E-state index contributed by atoms with van der Waals surface area (Å²) >= 11 is 0. The van der Waals surface area contributed by atoms with Crippen LogP contribution in [0.1, 0.15) is 25.2 Å². The summed E-state index contributed by atoms with van der Waals surface area (Å²) in [5.41, 5.74) is 1.27. The van der Waals surface area contributed by atoms with Gasteiger partial charge in [-0.2, -0.15) is 0 Å². The Bertz CT molecular complexity index is 517. The first-order valence-electron chi connectivity index (χ1n) is 7.04. The summed E-state index contributed by atoms with van der Waals surface area (Å²) < 4.78 is 7.69. The van der Waals surface area contributed by atoms with E-state index in [2.05, 4.69) is 36.3 Å². The van der Waals surface area contributed by atoms with Gasteiger partial charge in [-0.05, 0) is 30.2 Å². The molecule has 1 aromatic heterocycles. The molecule has 20 heavy (non-hydrogen) atoms. The van der Waals surface area contributed by atoms with Gasteiger partial charge in [0.1, 0.15) is 18.2 Å². The average Bonchev–Trinajstić information content (AvgIpc) is 2.83. The Balaban J connectivity index is 1.81. The van der Waals surface area contributed by atoms with Crippen molar-refractivity contribution in [3.05, 3.63) is 48.0 Å². The summed E-state index contributed by atoms with van der Waals surface area (Å²) in [7, 11) is 1.97. The van der Waals surface area contributed by atoms with Crippen molar-refractivity contribution in [2.45, 2.75) is 27.0 Å². The van der Waals surface area contributed by atoms with Crippen LogP contribution in [0.2, 0.25) is 0 Å². The van der Waals surface area contributed by atoms with Gasteiger partial charge in [-0.3, -0.25) is 0 Å². The van der Waals surface area contributed by atoms with Crippen molar-refractivity contribution >= 4 is 0 Å². The number of aryl methyl sites for hydroxylation is 1. The fraction of sp³-hybridized carbons (Fsp3) is 0.438. The van der Waals surface area contributed by atoms with E-state index in [0.29, 0.717) is 12.5 Å². The van der Waals surface area contributed by atoms with Gasteiger partial charge in [0.15, 0.2) is 0 Å². The Morgan fingerprint density at radius 3 is 2.60 bits per heavy atom. The summed E-state index contributed by atoms with van der Waals surface area (Å²) in [5, 5.41) is 3.43. The number of hydrogen-bond acceptors (Lipinski definition) is 3. The number of benzene rings is 1. The van der Waals surface area contributed by atoms with Crippen molar-refractivity contribution in [2.75, 3.05) is 6.54 Å². The summed E-state index contributed by atoms with van der Waals surface area (Å²) in [6.45, 7) is 6.85. The van der Waals surface area contributed by atoms with E-state index in [4.69, 9.17) is 4.74 Å². The number of nitrogens with one attached hydrogen (secondary N) is 1. The van der Waals surface area contributed by atoms with Gasteiger partial charge in [0.05, 0.1) is 0 Å². The topological polar surface area (TPSA) is 39.1 Å². The monoisotopic (exact) mass is 273 g/mol. The molecule has 0 fully saturated rings. The zero-order chi connectivity index (χ0) is 14.4. The second-order valence-electron chi connectivity index (χ2n) is 5.41. The molecule has 0 saturated heterocycles. The highest BCUT2D eigenvalue weighted by molar-refractivity contribution is 5.27. The molecule has 2 aromatic rings. The minimum atomic E-state index is 0.494. The van der Waals surface area contributed by atoms with Crippen LogP contribution in [0.15, 0.2) is 36.7 Å². The highest BCUT2D eigenvalue weighted by Crippen LogP contribution is 2.13. The molecule has 0 aliphatic carbocycles. The third kappa shape index (κ3) is 4.38. The smallest absolute Gasteiger partial charge is 0.146 e. The molecule has 1 N–H and O–H groups in total. The summed E-state index contributed by atoms with van der Waals surface area (Å²) in [6.07, 6.45) is 3.70. The van der Waals surface area contributed by atoms with Gasteiger partial charge in [-0.1, -0.05) is 26.0 Å². The summed E-state index contributed by atoms with van der Waals surface area (Å²) in [6, 6.07) is 8.22. The van der Waals surface area contributed by atoms with E-state index in [1.165, 1.54) is 5.56 Å². The molecule has 2 rings (SSSR count). The van der Waals surface area contributed by atoms with E-state index in [1.54, 1.807) is 6.20 Å². The first kappa shape index (κ1) is 14.6. The second kappa shape index (κ2) is 7.10. The molecule has 1 heterocycles. The lowest BCUT2D eigenvalue weighted by Gasteiger charge is -2.09. The van der Waals surface area contributed by atoms with Crippen LogP contribution >= 0.6 is 0 Å². The number of hydrogen-bond donors (Lipinski definition) is 1. The molecule has 0 bridgehead atoms. The van der Waals surface area contributed by atoms with Gasteiger partial charge in [0.2, 0.25) is 0 Å². The highest BCUT2D eigenvalue weighted by atomic mass is 16.5. The van der Waals surface area contributed by atoms with Gasteiger partial charge in [-0.15, -0.1) is 0 Å². The van der Waals surface area contributed by atoms with E-state index in [9.17, 15) is 0 Å². The number of nitrogens with zero attached hydrogens (tertiary/aromatic N) is 2. The van der Waals surface area contributed by atoms with Crippen molar-refractivity contribution in [2.24, 2.45) is 13.0 Å². The fourth-order valence-corrected chi connectivity index (χ4v) is 1.89. The summed E-state index contributed by atoms with van der Waals surface area (Å²) in [4.78, 5) is 4.23. The maximum atomic E-state index is 5.73. The van der Waals surface area contributed by atoms with E-state index < -0.39 is 0 Å². The third-order valence-electron chi connectivity index (χ3n) is 3.09. The van der Waals surface area contributed by atoms with Crippen molar-refractivity contribution in [3.8, 4) is 5.75 Å². The molecule has 0 saturated carbocycles.